The largest absolute Gasteiger partial charge is 0.303 e. The molecule has 30 heavy (non-hydrogen) atoms. The fourth-order valence-corrected chi connectivity index (χ4v) is 4.50. The van der Waals surface area contributed by atoms with E-state index in [2.05, 4.69) is 52.3 Å². The Kier molecular flexibility index (Phi) is 9.61. The molecule has 0 atom stereocenters. The number of nitrogens with zero attached hydrogens (tertiary/aromatic N) is 2. The molecule has 2 aromatic rings. The van der Waals surface area contributed by atoms with Gasteiger partial charge in [0.1, 0.15) is 0 Å². The van der Waals surface area contributed by atoms with Gasteiger partial charge in [-0.15, -0.1) is 0 Å². The fraction of sp³-hybridized carbons (Fsp3) is 0.560. The van der Waals surface area contributed by atoms with E-state index in [4.69, 9.17) is 5.21 Å². The van der Waals surface area contributed by atoms with Crippen LogP contribution >= 0.6 is 0 Å². The molecule has 0 aromatic heterocycles. The molecule has 2 N–H and O–H groups in total. The summed E-state index contributed by atoms with van der Waals surface area (Å²) in [5.74, 6) is -0.284. The van der Waals surface area contributed by atoms with Crippen LogP contribution in [0.4, 0.5) is 0 Å². The number of likely N-dealkylation sites (tertiary alicyclic amines) is 1. The molecular formula is C25H37N3O2. The first-order chi connectivity index (χ1) is 14.8. The lowest BCUT2D eigenvalue weighted by molar-refractivity contribution is -0.129. The molecule has 0 radical (unpaired) electrons. The van der Waals surface area contributed by atoms with Gasteiger partial charge >= 0.3 is 0 Å². The molecule has 2 aromatic carbocycles. The number of carbonyl (C=O) groups excluding carboxylic acids is 1. The van der Waals surface area contributed by atoms with Crippen molar-refractivity contribution in [3.63, 3.8) is 0 Å². The van der Waals surface area contributed by atoms with Gasteiger partial charge in [-0.1, -0.05) is 48.9 Å². The SMILES string of the molecule is O=C(CCCCCN(CCCN1CCCC1)CCc1cccc2ccccc12)NO. The third-order valence-corrected chi connectivity index (χ3v) is 6.23. The molecule has 164 valence electrons. The number of carbonyl (C=O) groups is 1. The van der Waals surface area contributed by atoms with Gasteiger partial charge in [-0.05, 0) is 87.6 Å². The van der Waals surface area contributed by atoms with Crippen molar-refractivity contribution < 1.29 is 10.0 Å². The van der Waals surface area contributed by atoms with E-state index in [1.54, 1.807) is 5.48 Å². The molecule has 1 aliphatic rings. The Hall–Kier alpha value is -1.95. The number of benzene rings is 2. The van der Waals surface area contributed by atoms with Crippen molar-refractivity contribution in [2.24, 2.45) is 0 Å². The Balaban J connectivity index is 1.49. The molecular weight excluding hydrogens is 374 g/mol. The molecule has 0 spiro atoms. The van der Waals surface area contributed by atoms with Gasteiger partial charge in [0.2, 0.25) is 5.91 Å². The van der Waals surface area contributed by atoms with Crippen LogP contribution in [0.1, 0.15) is 50.5 Å². The second-order valence-electron chi connectivity index (χ2n) is 8.48. The van der Waals surface area contributed by atoms with Crippen molar-refractivity contribution in [2.45, 2.75) is 51.4 Å². The molecule has 5 heteroatoms. The van der Waals surface area contributed by atoms with Crippen molar-refractivity contribution in [3.8, 4) is 0 Å². The summed E-state index contributed by atoms with van der Waals surface area (Å²) in [6.07, 6.45) is 8.35. The number of hydroxylamine groups is 1. The molecule has 0 bridgehead atoms. The minimum atomic E-state index is -0.284. The van der Waals surface area contributed by atoms with E-state index in [-0.39, 0.29) is 5.91 Å². The first-order valence-corrected chi connectivity index (χ1v) is 11.6. The predicted molar refractivity (Wildman–Crippen MR) is 123 cm³/mol. The highest BCUT2D eigenvalue weighted by atomic mass is 16.5. The summed E-state index contributed by atoms with van der Waals surface area (Å²) in [7, 11) is 0. The molecule has 0 unspecified atom stereocenters. The Morgan fingerprint density at radius 2 is 1.70 bits per heavy atom. The van der Waals surface area contributed by atoms with Crippen LogP contribution < -0.4 is 5.48 Å². The van der Waals surface area contributed by atoms with Gasteiger partial charge in [-0.25, -0.2) is 5.48 Å². The zero-order valence-electron chi connectivity index (χ0n) is 18.2. The number of hydrogen-bond acceptors (Lipinski definition) is 4. The van der Waals surface area contributed by atoms with Crippen LogP contribution in [0.3, 0.4) is 0 Å². The summed E-state index contributed by atoms with van der Waals surface area (Å²) in [5.41, 5.74) is 3.15. The molecule has 1 heterocycles. The van der Waals surface area contributed by atoms with E-state index in [0.29, 0.717) is 6.42 Å². The van der Waals surface area contributed by atoms with Crippen molar-refractivity contribution in [3.05, 3.63) is 48.0 Å². The number of unbranched alkanes of at least 4 members (excludes halogenated alkanes) is 2. The van der Waals surface area contributed by atoms with Crippen LogP contribution in [0.15, 0.2) is 42.5 Å². The molecule has 0 saturated carbocycles. The average Bonchev–Trinajstić information content (AvgIpc) is 3.30. The number of fused-ring (bicyclic) bond motifs is 1. The van der Waals surface area contributed by atoms with Crippen molar-refractivity contribution in [1.29, 1.82) is 0 Å². The Morgan fingerprint density at radius 3 is 2.53 bits per heavy atom. The van der Waals surface area contributed by atoms with Crippen molar-refractivity contribution in [2.75, 3.05) is 39.3 Å². The standard InChI is InChI=1S/C25H37N3O2/c29-25(26-30)14-2-1-5-16-28(20-9-19-27-17-6-7-18-27)21-15-23-12-8-11-22-10-3-4-13-24(22)23/h3-4,8,10-13,30H,1-2,5-7,9,14-21H2,(H,26,29). The van der Waals surface area contributed by atoms with Crippen LogP contribution in [-0.2, 0) is 11.2 Å². The van der Waals surface area contributed by atoms with E-state index in [1.807, 2.05) is 0 Å². The first kappa shape index (κ1) is 22.7. The zero-order chi connectivity index (χ0) is 21.0. The van der Waals surface area contributed by atoms with Gasteiger partial charge in [0.25, 0.3) is 0 Å². The summed E-state index contributed by atoms with van der Waals surface area (Å²) in [6.45, 7) is 7.03. The lowest BCUT2D eigenvalue weighted by Crippen LogP contribution is -2.31. The lowest BCUT2D eigenvalue weighted by Gasteiger charge is -2.24. The maximum absolute atomic E-state index is 11.2. The van der Waals surface area contributed by atoms with Gasteiger partial charge < -0.3 is 9.80 Å². The highest BCUT2D eigenvalue weighted by Gasteiger charge is 2.12. The third kappa shape index (κ3) is 7.38. The molecule has 1 aliphatic heterocycles. The van der Waals surface area contributed by atoms with Gasteiger partial charge in [-0.2, -0.15) is 0 Å². The average molecular weight is 412 g/mol. The Morgan fingerprint density at radius 1 is 0.933 bits per heavy atom. The zero-order valence-corrected chi connectivity index (χ0v) is 18.2. The topological polar surface area (TPSA) is 55.8 Å². The molecule has 1 saturated heterocycles. The number of rotatable bonds is 13. The second-order valence-corrected chi connectivity index (χ2v) is 8.48. The quantitative estimate of drug-likeness (QED) is 0.294. The molecule has 0 aliphatic carbocycles. The van der Waals surface area contributed by atoms with E-state index < -0.39 is 0 Å². The molecule has 3 rings (SSSR count). The summed E-state index contributed by atoms with van der Waals surface area (Å²) < 4.78 is 0. The van der Waals surface area contributed by atoms with Gasteiger partial charge in [-0.3, -0.25) is 10.0 Å². The first-order valence-electron chi connectivity index (χ1n) is 11.6. The Bertz CT molecular complexity index is 769. The maximum atomic E-state index is 11.2. The number of hydrogen-bond donors (Lipinski definition) is 2. The molecule has 1 amide bonds. The summed E-state index contributed by atoms with van der Waals surface area (Å²) >= 11 is 0. The van der Waals surface area contributed by atoms with E-state index >= 15 is 0 Å². The Labute approximate surface area is 181 Å². The van der Waals surface area contributed by atoms with Gasteiger partial charge in [0.05, 0.1) is 0 Å². The summed E-state index contributed by atoms with van der Waals surface area (Å²) in [6, 6.07) is 15.3. The van der Waals surface area contributed by atoms with Crippen LogP contribution in [0.5, 0.6) is 0 Å². The van der Waals surface area contributed by atoms with Gasteiger partial charge in [0, 0.05) is 13.0 Å². The van der Waals surface area contributed by atoms with Crippen molar-refractivity contribution in [1.82, 2.24) is 15.3 Å². The van der Waals surface area contributed by atoms with Crippen LogP contribution in [-0.4, -0.2) is 60.2 Å². The van der Waals surface area contributed by atoms with Crippen LogP contribution in [0, 0.1) is 0 Å². The van der Waals surface area contributed by atoms with E-state index in [1.165, 1.54) is 55.2 Å². The fourth-order valence-electron chi connectivity index (χ4n) is 4.50. The minimum absolute atomic E-state index is 0.284. The lowest BCUT2D eigenvalue weighted by atomic mass is 10.0. The van der Waals surface area contributed by atoms with Gasteiger partial charge in [0.15, 0.2) is 0 Å². The normalized spacial score (nSPS) is 14.6. The minimum Gasteiger partial charge on any atom is -0.303 e. The third-order valence-electron chi connectivity index (χ3n) is 6.23. The summed E-state index contributed by atoms with van der Waals surface area (Å²) in [5, 5.41) is 11.3. The highest BCUT2D eigenvalue weighted by molar-refractivity contribution is 5.85. The summed E-state index contributed by atoms with van der Waals surface area (Å²) in [4.78, 5) is 16.4. The second kappa shape index (κ2) is 12.7. The predicted octanol–water partition coefficient (Wildman–Crippen LogP) is 4.24. The number of amides is 1. The van der Waals surface area contributed by atoms with E-state index in [0.717, 1.165) is 45.3 Å². The highest BCUT2D eigenvalue weighted by Crippen LogP contribution is 2.19. The van der Waals surface area contributed by atoms with Crippen LogP contribution in [0.25, 0.3) is 10.8 Å². The van der Waals surface area contributed by atoms with Crippen LogP contribution in [0.2, 0.25) is 0 Å². The molecule has 5 nitrogen and oxygen atoms in total. The number of nitrogens with one attached hydrogen (secondary N) is 1. The molecule has 1 fully saturated rings. The van der Waals surface area contributed by atoms with E-state index in [9.17, 15) is 4.79 Å². The monoisotopic (exact) mass is 411 g/mol. The van der Waals surface area contributed by atoms with Crippen molar-refractivity contribution >= 4 is 16.7 Å². The smallest absolute Gasteiger partial charge is 0.243 e. The maximum Gasteiger partial charge on any atom is 0.243 e.